The van der Waals surface area contributed by atoms with Gasteiger partial charge in [0, 0.05) is 34.8 Å². The maximum Gasteiger partial charge on any atom is 0.149 e. The third-order valence-corrected chi connectivity index (χ3v) is 7.58. The predicted molar refractivity (Wildman–Crippen MR) is 160 cm³/mol. The Balaban J connectivity index is 1.36. The maximum atomic E-state index is 3.84. The van der Waals surface area contributed by atoms with Crippen LogP contribution in [0.4, 0.5) is 0 Å². The van der Waals surface area contributed by atoms with E-state index in [2.05, 4.69) is 156 Å². The first-order valence-corrected chi connectivity index (χ1v) is 13.2. The van der Waals surface area contributed by atoms with Crippen LogP contribution in [0.25, 0.3) is 21.8 Å². The van der Waals surface area contributed by atoms with Gasteiger partial charge in [-0.15, -0.1) is 5.92 Å². The van der Waals surface area contributed by atoms with Crippen molar-refractivity contribution in [1.29, 1.82) is 0 Å². The minimum atomic E-state index is -1.41. The summed E-state index contributed by atoms with van der Waals surface area (Å²) in [7, 11) is 0. The molecule has 1 nitrogen and oxygen atoms in total. The fourth-order valence-electron chi connectivity index (χ4n) is 5.85. The summed E-state index contributed by atoms with van der Waals surface area (Å²) in [6, 6.07) is 49.8. The van der Waals surface area contributed by atoms with E-state index in [1.807, 2.05) is 0 Å². The third-order valence-electron chi connectivity index (χ3n) is 7.58. The van der Waals surface area contributed by atoms with Gasteiger partial charge >= 0.3 is 0 Å². The van der Waals surface area contributed by atoms with E-state index in [0.717, 1.165) is 19.4 Å². The van der Waals surface area contributed by atoms with Crippen LogP contribution in [0.15, 0.2) is 140 Å². The van der Waals surface area contributed by atoms with Gasteiger partial charge < -0.3 is 4.57 Å². The number of aromatic nitrogens is 1. The van der Waals surface area contributed by atoms with Crippen molar-refractivity contribution in [2.24, 2.45) is 0 Å². The van der Waals surface area contributed by atoms with Crippen LogP contribution in [0, 0.1) is 11.7 Å². The third kappa shape index (κ3) is 4.24. The summed E-state index contributed by atoms with van der Waals surface area (Å²) in [5, 5.41) is 2.65. The SMILES string of the molecule is C(#C[B-](c1ccccc1)(c1ccccc1)c1ccccc1)CCCn1c2ccccc2c2ccccc21. The molecule has 5 aromatic carbocycles. The van der Waals surface area contributed by atoms with Crippen LogP contribution >= 0.6 is 0 Å². The number of nitrogens with zero attached hydrogens (tertiary/aromatic N) is 1. The lowest BCUT2D eigenvalue weighted by Crippen LogP contribution is -2.66. The van der Waals surface area contributed by atoms with E-state index < -0.39 is 6.15 Å². The Morgan fingerprint density at radius 1 is 0.486 bits per heavy atom. The fraction of sp³-hybridized carbons (Fsp3) is 0.0857. The smallest absolute Gasteiger partial charge is 0.149 e. The largest absolute Gasteiger partial charge is 0.340 e. The highest BCUT2D eigenvalue weighted by Crippen LogP contribution is 2.28. The molecule has 0 unspecified atom stereocenters. The van der Waals surface area contributed by atoms with Gasteiger partial charge in [0.15, 0.2) is 0 Å². The monoisotopic (exact) mass is 474 g/mol. The second-order valence-corrected chi connectivity index (χ2v) is 9.71. The molecule has 0 bridgehead atoms. The fourth-order valence-corrected chi connectivity index (χ4v) is 5.85. The number of unbranched alkanes of at least 4 members (excludes halogenated alkanes) is 1. The van der Waals surface area contributed by atoms with Crippen molar-refractivity contribution >= 4 is 44.3 Å². The van der Waals surface area contributed by atoms with Crippen LogP contribution in [0.3, 0.4) is 0 Å². The van der Waals surface area contributed by atoms with Crippen molar-refractivity contribution in [3.05, 3.63) is 140 Å². The molecule has 1 aromatic heterocycles. The molecule has 178 valence electrons. The van der Waals surface area contributed by atoms with Crippen molar-refractivity contribution in [2.45, 2.75) is 19.4 Å². The molecule has 0 spiro atoms. The number of rotatable bonds is 6. The van der Waals surface area contributed by atoms with Crippen molar-refractivity contribution < 1.29 is 0 Å². The number of hydrogen-bond acceptors (Lipinski definition) is 0. The maximum absolute atomic E-state index is 3.84. The predicted octanol–water partition coefficient (Wildman–Crippen LogP) is 6.29. The van der Waals surface area contributed by atoms with Gasteiger partial charge in [-0.25, -0.2) is 0 Å². The van der Waals surface area contributed by atoms with Gasteiger partial charge in [0.05, 0.1) is 0 Å². The van der Waals surface area contributed by atoms with Crippen LogP contribution in [-0.4, -0.2) is 10.7 Å². The molecular formula is C35H29BN-. The zero-order chi connectivity index (χ0) is 24.9. The average molecular weight is 474 g/mol. The van der Waals surface area contributed by atoms with E-state index in [4.69, 9.17) is 0 Å². The van der Waals surface area contributed by atoms with Crippen LogP contribution < -0.4 is 16.4 Å². The molecule has 37 heavy (non-hydrogen) atoms. The molecule has 0 aliphatic rings. The average Bonchev–Trinajstić information content (AvgIpc) is 3.30. The molecule has 6 rings (SSSR count). The molecule has 2 heteroatoms. The Morgan fingerprint density at radius 2 is 0.892 bits per heavy atom. The van der Waals surface area contributed by atoms with Gasteiger partial charge in [-0.05, 0) is 18.6 Å². The Morgan fingerprint density at radius 3 is 1.35 bits per heavy atom. The summed E-state index contributed by atoms with van der Waals surface area (Å²) in [5.74, 6) is 7.48. The molecular weight excluding hydrogens is 445 g/mol. The van der Waals surface area contributed by atoms with Crippen LogP contribution in [0.5, 0.6) is 0 Å². The summed E-state index contributed by atoms with van der Waals surface area (Å²) < 4.78 is 2.45. The van der Waals surface area contributed by atoms with Crippen LogP contribution in [-0.2, 0) is 6.54 Å². The molecule has 0 aliphatic carbocycles. The summed E-state index contributed by atoms with van der Waals surface area (Å²) in [4.78, 5) is 0. The first-order chi connectivity index (χ1) is 18.4. The Labute approximate surface area is 219 Å². The molecule has 6 aromatic rings. The van der Waals surface area contributed by atoms with E-state index >= 15 is 0 Å². The highest BCUT2D eigenvalue weighted by Gasteiger charge is 2.27. The highest BCUT2D eigenvalue weighted by atomic mass is 15.0. The molecule has 0 atom stereocenters. The van der Waals surface area contributed by atoms with E-state index in [9.17, 15) is 0 Å². The second kappa shape index (κ2) is 10.3. The summed E-state index contributed by atoms with van der Waals surface area (Å²) in [6.45, 7) is 0.949. The normalized spacial score (nSPS) is 11.4. The Hall–Kier alpha value is -4.48. The van der Waals surface area contributed by atoms with Gasteiger partial charge in [0.1, 0.15) is 6.15 Å². The zero-order valence-electron chi connectivity index (χ0n) is 20.9. The number of para-hydroxylation sites is 2. The van der Waals surface area contributed by atoms with Gasteiger partial charge in [-0.1, -0.05) is 127 Å². The van der Waals surface area contributed by atoms with Gasteiger partial charge in [-0.3, -0.25) is 5.82 Å². The van der Waals surface area contributed by atoms with E-state index in [1.54, 1.807) is 0 Å². The summed E-state index contributed by atoms with van der Waals surface area (Å²) >= 11 is 0. The molecule has 0 N–H and O–H groups in total. The summed E-state index contributed by atoms with van der Waals surface area (Å²) in [5.41, 5.74) is 6.38. The van der Waals surface area contributed by atoms with Crippen molar-refractivity contribution in [1.82, 2.24) is 4.57 Å². The number of aryl methyl sites for hydroxylation is 1. The van der Waals surface area contributed by atoms with Crippen LogP contribution in [0.2, 0.25) is 0 Å². The molecule has 0 fully saturated rings. The minimum Gasteiger partial charge on any atom is -0.340 e. The van der Waals surface area contributed by atoms with E-state index in [1.165, 1.54) is 38.2 Å². The van der Waals surface area contributed by atoms with E-state index in [0.29, 0.717) is 0 Å². The number of benzene rings is 5. The molecule has 1 heterocycles. The van der Waals surface area contributed by atoms with Crippen LogP contribution in [0.1, 0.15) is 12.8 Å². The van der Waals surface area contributed by atoms with E-state index in [-0.39, 0.29) is 0 Å². The van der Waals surface area contributed by atoms with Gasteiger partial charge in [0.2, 0.25) is 0 Å². The standard InChI is InChI=1S/C35H29BN/c1-5-17-29(18-6-1)36(30-19-7-2-8-20-30,31-21-9-3-10-22-31)27-15-4-16-28-37-34-25-13-11-23-32(34)33-24-12-14-26-35(33)37/h1-3,5-14,17-26H,4,16,28H2/q-1. The quantitative estimate of drug-likeness (QED) is 0.152. The molecule has 0 saturated carbocycles. The van der Waals surface area contributed by atoms with Crippen molar-refractivity contribution in [2.75, 3.05) is 0 Å². The second-order valence-electron chi connectivity index (χ2n) is 9.71. The Kier molecular flexibility index (Phi) is 6.36. The zero-order valence-corrected chi connectivity index (χ0v) is 20.9. The molecule has 0 radical (unpaired) electrons. The molecule has 0 saturated heterocycles. The lowest BCUT2D eigenvalue weighted by molar-refractivity contribution is 0.694. The van der Waals surface area contributed by atoms with Gasteiger partial charge in [-0.2, -0.15) is 16.4 Å². The van der Waals surface area contributed by atoms with Crippen molar-refractivity contribution in [3.8, 4) is 11.7 Å². The number of fused-ring (bicyclic) bond motifs is 3. The topological polar surface area (TPSA) is 4.93 Å². The first kappa shape index (κ1) is 23.0. The lowest BCUT2D eigenvalue weighted by Gasteiger charge is -2.38. The molecule has 0 amide bonds. The summed E-state index contributed by atoms with van der Waals surface area (Å²) in [6.07, 6.45) is 0.437. The highest BCUT2D eigenvalue weighted by molar-refractivity contribution is 7.16. The van der Waals surface area contributed by atoms with Gasteiger partial charge in [0.25, 0.3) is 0 Å². The molecule has 0 aliphatic heterocycles. The van der Waals surface area contributed by atoms with Crippen molar-refractivity contribution in [3.63, 3.8) is 0 Å². The minimum absolute atomic E-state index is 0.844. The first-order valence-electron chi connectivity index (χ1n) is 13.2. The number of hydrogen-bond donors (Lipinski definition) is 0. The lowest BCUT2D eigenvalue weighted by atomic mass is 9.16. The Bertz CT molecular complexity index is 1540.